The van der Waals surface area contributed by atoms with Crippen LogP contribution < -0.4 is 20.5 Å². The number of furan rings is 1. The Labute approximate surface area is 168 Å². The third-order valence-corrected chi connectivity index (χ3v) is 3.96. The van der Waals surface area contributed by atoms with Gasteiger partial charge in [0.2, 0.25) is 0 Å². The predicted octanol–water partition coefficient (Wildman–Crippen LogP) is 1.34. The zero-order valence-electron chi connectivity index (χ0n) is 16.4. The highest BCUT2D eigenvalue weighted by Crippen LogP contribution is 2.14. The van der Waals surface area contributed by atoms with E-state index in [0.717, 1.165) is 0 Å². The molecule has 29 heavy (non-hydrogen) atoms. The number of aliphatic carboxylic acids is 1. The molecule has 1 heterocycles. The Bertz CT molecular complexity index is 869. The minimum atomic E-state index is -1.40. The minimum absolute atomic E-state index is 0.0112. The second kappa shape index (κ2) is 10.1. The zero-order valence-corrected chi connectivity index (χ0v) is 16.4. The molecule has 0 fully saturated rings. The Morgan fingerprint density at radius 1 is 1.17 bits per heavy atom. The topological polar surface area (TPSA) is 121 Å². The molecule has 0 aliphatic rings. The molecule has 2 amide bonds. The quantitative estimate of drug-likeness (QED) is 0.614. The summed E-state index contributed by atoms with van der Waals surface area (Å²) >= 11 is 0. The number of carbonyl (C=O) groups is 3. The maximum atomic E-state index is 12.7. The Kier molecular flexibility index (Phi) is 7.59. The van der Waals surface area contributed by atoms with Crippen molar-refractivity contribution < 1.29 is 28.6 Å². The highest BCUT2D eigenvalue weighted by molar-refractivity contribution is 6.05. The first kappa shape index (κ1) is 21.7. The van der Waals surface area contributed by atoms with Crippen LogP contribution in [0.25, 0.3) is 6.08 Å². The summed E-state index contributed by atoms with van der Waals surface area (Å²) in [6, 6.07) is 8.56. The second-order valence-corrected chi connectivity index (χ2v) is 6.74. The average Bonchev–Trinajstić information content (AvgIpc) is 3.22. The molecule has 8 heteroatoms. The molecule has 2 N–H and O–H groups in total. The molecule has 0 aliphatic carbocycles. The standard InChI is InChI=1S/C21H24N2O6/c1-13(2)11-17(21(26)27)23-19(24)16(22-20(25)18-5-4-10-29-18)12-14-6-8-15(28-3)9-7-14/h4-10,12-13,17H,11H2,1-3H3,(H,22,25)(H,23,24)(H,26,27)/p-1/b16-12+/t17-/m0/s1. The molecule has 0 bridgehead atoms. The molecule has 154 valence electrons. The fourth-order valence-electron chi connectivity index (χ4n) is 2.54. The molecule has 0 unspecified atom stereocenters. The smallest absolute Gasteiger partial charge is 0.291 e. The number of carbonyl (C=O) groups excluding carboxylic acids is 3. The van der Waals surface area contributed by atoms with Gasteiger partial charge in [-0.3, -0.25) is 9.59 Å². The van der Waals surface area contributed by atoms with Crippen molar-refractivity contribution in [3.63, 3.8) is 0 Å². The van der Waals surface area contributed by atoms with Gasteiger partial charge in [-0.15, -0.1) is 0 Å². The second-order valence-electron chi connectivity index (χ2n) is 6.74. The van der Waals surface area contributed by atoms with E-state index in [4.69, 9.17) is 9.15 Å². The minimum Gasteiger partial charge on any atom is -0.548 e. The van der Waals surface area contributed by atoms with E-state index in [2.05, 4.69) is 10.6 Å². The molecule has 8 nitrogen and oxygen atoms in total. The van der Waals surface area contributed by atoms with Crippen LogP contribution in [-0.2, 0) is 9.59 Å². The fraction of sp³-hybridized carbons (Fsp3) is 0.286. The van der Waals surface area contributed by atoms with Crippen LogP contribution in [0.1, 0.15) is 36.4 Å². The van der Waals surface area contributed by atoms with Crippen molar-refractivity contribution in [1.29, 1.82) is 0 Å². The van der Waals surface area contributed by atoms with Crippen LogP contribution >= 0.6 is 0 Å². The van der Waals surface area contributed by atoms with Crippen LogP contribution in [0.3, 0.4) is 0 Å². The Balaban J connectivity index is 2.28. The highest BCUT2D eigenvalue weighted by atomic mass is 16.5. The number of hydrogen-bond acceptors (Lipinski definition) is 6. The van der Waals surface area contributed by atoms with Crippen molar-refractivity contribution in [1.82, 2.24) is 10.6 Å². The van der Waals surface area contributed by atoms with Gasteiger partial charge in [0.1, 0.15) is 11.4 Å². The van der Waals surface area contributed by atoms with Gasteiger partial charge in [0.15, 0.2) is 5.76 Å². The number of ether oxygens (including phenoxy) is 1. The average molecular weight is 399 g/mol. The molecule has 1 aromatic heterocycles. The van der Waals surface area contributed by atoms with Gasteiger partial charge in [-0.2, -0.15) is 0 Å². The molecule has 1 atom stereocenters. The third kappa shape index (κ3) is 6.53. The number of carboxylic acid groups (broad SMARTS) is 1. The van der Waals surface area contributed by atoms with Crippen molar-refractivity contribution in [2.24, 2.45) is 5.92 Å². The molecule has 1 aromatic carbocycles. The zero-order chi connectivity index (χ0) is 21.4. The van der Waals surface area contributed by atoms with Crippen molar-refractivity contribution >= 4 is 23.9 Å². The third-order valence-electron chi connectivity index (χ3n) is 3.96. The largest absolute Gasteiger partial charge is 0.548 e. The number of carboxylic acids is 1. The van der Waals surface area contributed by atoms with Crippen LogP contribution in [0.4, 0.5) is 0 Å². The van der Waals surface area contributed by atoms with E-state index in [1.165, 1.54) is 31.6 Å². The molecule has 0 spiro atoms. The van der Waals surface area contributed by atoms with Crippen LogP contribution in [-0.4, -0.2) is 30.9 Å². The number of rotatable bonds is 9. The van der Waals surface area contributed by atoms with Crippen molar-refractivity contribution in [3.05, 3.63) is 59.7 Å². The van der Waals surface area contributed by atoms with Gasteiger partial charge in [-0.1, -0.05) is 26.0 Å². The molecular formula is C21H23N2O6-. The van der Waals surface area contributed by atoms with E-state index in [9.17, 15) is 19.5 Å². The van der Waals surface area contributed by atoms with E-state index in [1.54, 1.807) is 24.3 Å². The summed E-state index contributed by atoms with van der Waals surface area (Å²) in [5.41, 5.74) is 0.469. The molecule has 2 aromatic rings. The molecule has 0 aliphatic heterocycles. The van der Waals surface area contributed by atoms with Crippen LogP contribution in [0.15, 0.2) is 52.8 Å². The van der Waals surface area contributed by atoms with Crippen molar-refractivity contribution in [2.75, 3.05) is 7.11 Å². The number of hydrogen-bond donors (Lipinski definition) is 2. The van der Waals surface area contributed by atoms with Gasteiger partial charge in [0, 0.05) is 0 Å². The van der Waals surface area contributed by atoms with Crippen molar-refractivity contribution in [2.45, 2.75) is 26.3 Å². The molecule has 0 radical (unpaired) electrons. The summed E-state index contributed by atoms with van der Waals surface area (Å²) in [4.78, 5) is 36.4. The van der Waals surface area contributed by atoms with Crippen LogP contribution in [0.2, 0.25) is 0 Å². The highest BCUT2D eigenvalue weighted by Gasteiger charge is 2.21. The lowest BCUT2D eigenvalue weighted by Crippen LogP contribution is -2.50. The summed E-state index contributed by atoms with van der Waals surface area (Å²) in [7, 11) is 1.53. The molecule has 0 saturated carbocycles. The Hall–Kier alpha value is -3.55. The van der Waals surface area contributed by atoms with Crippen LogP contribution in [0, 0.1) is 5.92 Å². The van der Waals surface area contributed by atoms with E-state index in [-0.39, 0.29) is 23.8 Å². The molecular weight excluding hydrogens is 376 g/mol. The van der Waals surface area contributed by atoms with E-state index in [1.807, 2.05) is 13.8 Å². The SMILES string of the molecule is COc1ccc(/C=C(/NC(=O)c2ccco2)C(=O)N[C@@H](CC(C)C)C(=O)[O-])cc1. The number of benzene rings is 1. The summed E-state index contributed by atoms with van der Waals surface area (Å²) in [6.45, 7) is 3.66. The Morgan fingerprint density at radius 2 is 1.86 bits per heavy atom. The van der Waals surface area contributed by atoms with Gasteiger partial charge in [-0.25, -0.2) is 0 Å². The predicted molar refractivity (Wildman–Crippen MR) is 104 cm³/mol. The van der Waals surface area contributed by atoms with Crippen molar-refractivity contribution in [3.8, 4) is 5.75 Å². The summed E-state index contributed by atoms with van der Waals surface area (Å²) in [5, 5.41) is 16.2. The normalized spacial score (nSPS) is 12.3. The first-order valence-electron chi connectivity index (χ1n) is 9.02. The van der Waals surface area contributed by atoms with Gasteiger partial charge >= 0.3 is 0 Å². The lowest BCUT2D eigenvalue weighted by Gasteiger charge is -2.22. The fourth-order valence-corrected chi connectivity index (χ4v) is 2.54. The number of nitrogens with one attached hydrogen (secondary N) is 2. The lowest BCUT2D eigenvalue weighted by molar-refractivity contribution is -0.308. The summed E-state index contributed by atoms with van der Waals surface area (Å²) < 4.78 is 10.1. The van der Waals surface area contributed by atoms with Gasteiger partial charge in [0.25, 0.3) is 11.8 Å². The van der Waals surface area contributed by atoms with E-state index in [0.29, 0.717) is 11.3 Å². The summed E-state index contributed by atoms with van der Waals surface area (Å²) in [5.74, 6) is -2.13. The number of amides is 2. The van der Waals surface area contributed by atoms with Crippen LogP contribution in [0.5, 0.6) is 5.75 Å². The maximum Gasteiger partial charge on any atom is 0.291 e. The first-order chi connectivity index (χ1) is 13.8. The maximum absolute atomic E-state index is 12.7. The van der Waals surface area contributed by atoms with Gasteiger partial charge < -0.3 is 29.7 Å². The van der Waals surface area contributed by atoms with E-state index >= 15 is 0 Å². The van der Waals surface area contributed by atoms with Gasteiger partial charge in [-0.05, 0) is 48.2 Å². The summed E-state index contributed by atoms with van der Waals surface area (Å²) in [6.07, 6.45) is 2.95. The number of methoxy groups -OCH3 is 1. The van der Waals surface area contributed by atoms with E-state index < -0.39 is 23.8 Å². The lowest BCUT2D eigenvalue weighted by atomic mass is 10.0. The molecule has 0 saturated heterocycles. The monoisotopic (exact) mass is 399 g/mol. The Morgan fingerprint density at radius 3 is 2.38 bits per heavy atom. The van der Waals surface area contributed by atoms with Gasteiger partial charge in [0.05, 0.1) is 25.4 Å². The molecule has 2 rings (SSSR count). The first-order valence-corrected chi connectivity index (χ1v) is 9.02.